The number of piperazine rings is 1. The van der Waals surface area contributed by atoms with E-state index in [1.807, 2.05) is 61.3 Å². The summed E-state index contributed by atoms with van der Waals surface area (Å²) >= 11 is 0. The fourth-order valence-corrected chi connectivity index (χ4v) is 4.07. The van der Waals surface area contributed by atoms with Crippen LogP contribution < -0.4 is 9.64 Å². The molecule has 1 amide bonds. The molecule has 0 radical (unpaired) electrons. The highest BCUT2D eigenvalue weighted by Gasteiger charge is 2.24. The summed E-state index contributed by atoms with van der Waals surface area (Å²) in [6.07, 6.45) is 1.81. The summed E-state index contributed by atoms with van der Waals surface area (Å²) in [5.41, 5.74) is 0.824. The van der Waals surface area contributed by atoms with Crippen LogP contribution in [0.3, 0.4) is 0 Å². The van der Waals surface area contributed by atoms with Crippen molar-refractivity contribution in [3.05, 3.63) is 54.5 Å². The first-order chi connectivity index (χ1) is 15.1. The van der Waals surface area contributed by atoms with Gasteiger partial charge in [0.1, 0.15) is 17.4 Å². The Labute approximate surface area is 180 Å². The van der Waals surface area contributed by atoms with Gasteiger partial charge in [-0.3, -0.25) is 9.48 Å². The van der Waals surface area contributed by atoms with Gasteiger partial charge in [-0.1, -0.05) is 36.4 Å². The summed E-state index contributed by atoms with van der Waals surface area (Å²) in [7, 11) is 1.88. The molecule has 1 saturated heterocycles. The van der Waals surface area contributed by atoms with E-state index in [1.54, 1.807) is 10.9 Å². The number of hydrogen-bond acceptors (Lipinski definition) is 6. The maximum atomic E-state index is 12.8. The van der Waals surface area contributed by atoms with Gasteiger partial charge in [-0.05, 0) is 18.4 Å². The Hall–Kier alpha value is -3.68. The first-order valence-corrected chi connectivity index (χ1v) is 10.4. The van der Waals surface area contributed by atoms with Crippen molar-refractivity contribution < 1.29 is 9.53 Å². The van der Waals surface area contributed by atoms with Crippen LogP contribution in [0.2, 0.25) is 0 Å². The first kappa shape index (κ1) is 19.3. The summed E-state index contributed by atoms with van der Waals surface area (Å²) in [5, 5.41) is 7.37. The summed E-state index contributed by atoms with van der Waals surface area (Å²) in [5.74, 6) is 2.33. The third-order valence-electron chi connectivity index (χ3n) is 5.72. The molecule has 0 atom stereocenters. The van der Waals surface area contributed by atoms with Gasteiger partial charge >= 0.3 is 0 Å². The molecule has 0 saturated carbocycles. The van der Waals surface area contributed by atoms with Gasteiger partial charge in [-0.15, -0.1) is 0 Å². The molecule has 0 N–H and O–H groups in total. The van der Waals surface area contributed by atoms with Gasteiger partial charge in [0.2, 0.25) is 0 Å². The topological polar surface area (TPSA) is 76.4 Å². The molecule has 2 aromatic heterocycles. The van der Waals surface area contributed by atoms with Gasteiger partial charge in [0.25, 0.3) is 5.91 Å². The standard InChI is InChI=1S/C23H24N6O2/c1-16-25-22-19(14-24-27(22)2)23(26-16)29-12-10-28(11-13-29)21(30)15-31-20-9-5-7-17-6-3-4-8-18(17)20/h3-9,14H,10-13,15H2,1-2H3. The highest BCUT2D eigenvalue weighted by molar-refractivity contribution is 5.89. The zero-order valence-electron chi connectivity index (χ0n) is 17.7. The van der Waals surface area contributed by atoms with Gasteiger partial charge < -0.3 is 14.5 Å². The molecule has 4 aromatic rings. The second-order valence-electron chi connectivity index (χ2n) is 7.73. The van der Waals surface area contributed by atoms with Crippen LogP contribution in [-0.2, 0) is 11.8 Å². The first-order valence-electron chi connectivity index (χ1n) is 10.4. The number of ether oxygens (including phenoxy) is 1. The quantitative estimate of drug-likeness (QED) is 0.509. The molecule has 0 unspecified atom stereocenters. The van der Waals surface area contributed by atoms with Crippen LogP contribution in [0.15, 0.2) is 48.7 Å². The van der Waals surface area contributed by atoms with E-state index < -0.39 is 0 Å². The Kier molecular flexibility index (Phi) is 4.89. The zero-order valence-corrected chi connectivity index (χ0v) is 17.7. The van der Waals surface area contributed by atoms with E-state index in [0.29, 0.717) is 32.0 Å². The fraction of sp³-hybridized carbons (Fsp3) is 0.304. The van der Waals surface area contributed by atoms with Crippen LogP contribution in [0.5, 0.6) is 5.75 Å². The zero-order chi connectivity index (χ0) is 21.4. The molecule has 8 nitrogen and oxygen atoms in total. The van der Waals surface area contributed by atoms with Crippen LogP contribution in [0, 0.1) is 6.92 Å². The van der Waals surface area contributed by atoms with Crippen molar-refractivity contribution >= 4 is 33.5 Å². The molecule has 8 heteroatoms. The van der Waals surface area contributed by atoms with Crippen molar-refractivity contribution in [1.82, 2.24) is 24.6 Å². The van der Waals surface area contributed by atoms with Gasteiger partial charge in [0.15, 0.2) is 12.3 Å². The average molecular weight is 416 g/mol. The number of fused-ring (bicyclic) bond motifs is 2. The Balaban J connectivity index is 1.24. The number of benzene rings is 2. The number of hydrogen-bond donors (Lipinski definition) is 0. The third-order valence-corrected chi connectivity index (χ3v) is 5.72. The summed E-state index contributed by atoms with van der Waals surface area (Å²) in [6.45, 7) is 4.60. The largest absolute Gasteiger partial charge is 0.483 e. The Bertz CT molecular complexity index is 1250. The lowest BCUT2D eigenvalue weighted by Gasteiger charge is -2.35. The summed E-state index contributed by atoms with van der Waals surface area (Å²) < 4.78 is 7.65. The van der Waals surface area contributed by atoms with Crippen molar-refractivity contribution in [3.63, 3.8) is 0 Å². The predicted octanol–water partition coefficient (Wildman–Crippen LogP) is 2.55. The lowest BCUT2D eigenvalue weighted by Crippen LogP contribution is -2.50. The molecule has 0 aliphatic carbocycles. The Morgan fingerprint density at radius 2 is 1.77 bits per heavy atom. The van der Waals surface area contributed by atoms with Crippen molar-refractivity contribution in [2.75, 3.05) is 37.7 Å². The molecule has 0 bridgehead atoms. The van der Waals surface area contributed by atoms with E-state index in [2.05, 4.69) is 20.0 Å². The second-order valence-corrected chi connectivity index (χ2v) is 7.73. The average Bonchev–Trinajstić information content (AvgIpc) is 3.17. The van der Waals surface area contributed by atoms with Crippen LogP contribution in [-0.4, -0.2) is 63.3 Å². The lowest BCUT2D eigenvalue weighted by molar-refractivity contribution is -0.133. The van der Waals surface area contributed by atoms with Gasteiger partial charge in [0, 0.05) is 38.6 Å². The van der Waals surface area contributed by atoms with E-state index in [0.717, 1.165) is 33.4 Å². The molecular weight excluding hydrogens is 392 g/mol. The normalized spacial score (nSPS) is 14.4. The molecular formula is C23H24N6O2. The van der Waals surface area contributed by atoms with E-state index in [-0.39, 0.29) is 12.5 Å². The highest BCUT2D eigenvalue weighted by atomic mass is 16.5. The minimum atomic E-state index is -0.00187. The van der Waals surface area contributed by atoms with Gasteiger partial charge in [0.05, 0.1) is 11.6 Å². The minimum Gasteiger partial charge on any atom is -0.483 e. The lowest BCUT2D eigenvalue weighted by atomic mass is 10.1. The number of amides is 1. The van der Waals surface area contributed by atoms with Crippen molar-refractivity contribution in [2.45, 2.75) is 6.92 Å². The fourth-order valence-electron chi connectivity index (χ4n) is 4.07. The van der Waals surface area contributed by atoms with E-state index in [9.17, 15) is 4.79 Å². The molecule has 158 valence electrons. The SMILES string of the molecule is Cc1nc(N2CCN(C(=O)COc3cccc4ccccc34)CC2)c2cnn(C)c2n1. The van der Waals surface area contributed by atoms with Crippen LogP contribution >= 0.6 is 0 Å². The smallest absolute Gasteiger partial charge is 0.260 e. The number of aryl methyl sites for hydroxylation is 2. The van der Waals surface area contributed by atoms with E-state index >= 15 is 0 Å². The summed E-state index contributed by atoms with van der Waals surface area (Å²) in [4.78, 5) is 26.0. The number of nitrogens with zero attached hydrogens (tertiary/aromatic N) is 6. The number of aromatic nitrogens is 4. The molecule has 1 aliphatic heterocycles. The number of rotatable bonds is 4. The van der Waals surface area contributed by atoms with Gasteiger partial charge in [-0.2, -0.15) is 5.10 Å². The number of carbonyl (C=O) groups excluding carboxylic acids is 1. The highest BCUT2D eigenvalue weighted by Crippen LogP contribution is 2.26. The summed E-state index contributed by atoms with van der Waals surface area (Å²) in [6, 6.07) is 13.9. The van der Waals surface area contributed by atoms with Gasteiger partial charge in [-0.25, -0.2) is 9.97 Å². The molecule has 1 aliphatic rings. The van der Waals surface area contributed by atoms with Crippen LogP contribution in [0.25, 0.3) is 21.8 Å². The molecule has 1 fully saturated rings. The monoisotopic (exact) mass is 416 g/mol. The van der Waals surface area contributed by atoms with Crippen molar-refractivity contribution in [3.8, 4) is 5.75 Å². The number of carbonyl (C=O) groups is 1. The molecule has 2 aromatic carbocycles. The van der Waals surface area contributed by atoms with Crippen LogP contribution in [0.4, 0.5) is 5.82 Å². The molecule has 5 rings (SSSR count). The van der Waals surface area contributed by atoms with Crippen molar-refractivity contribution in [2.24, 2.45) is 7.05 Å². The number of anilines is 1. The van der Waals surface area contributed by atoms with Crippen LogP contribution in [0.1, 0.15) is 5.82 Å². The minimum absolute atomic E-state index is 0.00187. The molecule has 0 spiro atoms. The maximum Gasteiger partial charge on any atom is 0.260 e. The second kappa shape index (κ2) is 7.86. The Morgan fingerprint density at radius 1 is 1.00 bits per heavy atom. The van der Waals surface area contributed by atoms with E-state index in [1.165, 1.54) is 0 Å². The Morgan fingerprint density at radius 3 is 2.61 bits per heavy atom. The third kappa shape index (κ3) is 3.65. The molecule has 3 heterocycles. The predicted molar refractivity (Wildman–Crippen MR) is 119 cm³/mol. The van der Waals surface area contributed by atoms with Crippen molar-refractivity contribution in [1.29, 1.82) is 0 Å². The molecule has 31 heavy (non-hydrogen) atoms. The maximum absolute atomic E-state index is 12.8. The van der Waals surface area contributed by atoms with E-state index in [4.69, 9.17) is 4.74 Å².